The fourth-order valence-electron chi connectivity index (χ4n) is 6.22. The van der Waals surface area contributed by atoms with Gasteiger partial charge in [-0.2, -0.15) is 9.97 Å². The van der Waals surface area contributed by atoms with Crippen molar-refractivity contribution in [2.45, 2.75) is 54.4 Å². The Labute approximate surface area is 400 Å². The Hall–Kier alpha value is -6.25. The summed E-state index contributed by atoms with van der Waals surface area (Å²) in [4.78, 5) is 39.7. The van der Waals surface area contributed by atoms with Gasteiger partial charge in [-0.3, -0.25) is 9.59 Å². The first-order valence-corrected chi connectivity index (χ1v) is 22.2. The van der Waals surface area contributed by atoms with Gasteiger partial charge in [0.25, 0.3) is 11.8 Å². The van der Waals surface area contributed by atoms with Crippen LogP contribution in [-0.4, -0.2) is 125 Å². The topological polar surface area (TPSA) is 203 Å². The zero-order valence-electron chi connectivity index (χ0n) is 40.3. The van der Waals surface area contributed by atoms with Gasteiger partial charge in [0.15, 0.2) is 0 Å². The summed E-state index contributed by atoms with van der Waals surface area (Å²) in [7, 11) is 1.73. The molecule has 69 heavy (non-hydrogen) atoms. The summed E-state index contributed by atoms with van der Waals surface area (Å²) in [6.45, 7) is 21.2. The third kappa shape index (κ3) is 20.1. The average Bonchev–Trinajstić information content (AvgIpc) is 4.00. The molecule has 0 N–H and O–H groups in total. The van der Waals surface area contributed by atoms with Gasteiger partial charge in [-0.25, -0.2) is 13.6 Å². The first-order valence-electron chi connectivity index (χ1n) is 22.2. The van der Waals surface area contributed by atoms with Gasteiger partial charge in [-0.15, -0.1) is 0 Å². The number of benzene rings is 3. The highest BCUT2D eigenvalue weighted by Gasteiger charge is 2.34. The number of hydrogen-bond acceptors (Lipinski definition) is 17. The summed E-state index contributed by atoms with van der Waals surface area (Å²) in [5, 5.41) is 7.94. The van der Waals surface area contributed by atoms with Gasteiger partial charge in [-0.1, -0.05) is 36.8 Å². The molecule has 3 aromatic carbocycles. The molecule has 19 heteroatoms. The molecule has 2 fully saturated rings. The Morgan fingerprint density at radius 1 is 0.638 bits per heavy atom. The van der Waals surface area contributed by atoms with Crippen molar-refractivity contribution in [3.63, 3.8) is 0 Å². The second-order valence-electron chi connectivity index (χ2n) is 16.9. The van der Waals surface area contributed by atoms with Crippen LogP contribution in [0.1, 0.15) is 51.7 Å². The Morgan fingerprint density at radius 3 is 1.51 bits per heavy atom. The Kier molecular flexibility index (Phi) is 22.7. The molecule has 0 atom stereocenters. The number of nitrogens with zero attached hydrogens (tertiary/aromatic N) is 4. The van der Waals surface area contributed by atoms with Crippen LogP contribution >= 0.6 is 0 Å². The third-order valence-electron chi connectivity index (χ3n) is 9.73. The molecule has 374 valence electrons. The molecular weight excluding hydrogens is 903 g/mol. The molecule has 2 aliphatic rings. The van der Waals surface area contributed by atoms with Crippen molar-refractivity contribution in [2.75, 3.05) is 86.4 Å². The molecule has 0 bridgehead atoms. The lowest BCUT2D eigenvalue weighted by Gasteiger charge is -2.37. The lowest BCUT2D eigenvalue weighted by molar-refractivity contribution is -0.150. The smallest absolute Gasteiger partial charge is 0.330 e. The number of rotatable bonds is 20. The van der Waals surface area contributed by atoms with Gasteiger partial charge in [-0.05, 0) is 92.4 Å². The minimum Gasteiger partial charge on any atom is -0.463 e. The molecule has 0 amide bonds. The summed E-state index contributed by atoms with van der Waals surface area (Å²) in [6.07, 6.45) is 3.22. The van der Waals surface area contributed by atoms with Gasteiger partial charge in [0.1, 0.15) is 31.5 Å². The maximum absolute atomic E-state index is 13.7. The summed E-state index contributed by atoms with van der Waals surface area (Å²) in [5.74, 6) is -0.792. The van der Waals surface area contributed by atoms with Gasteiger partial charge >= 0.3 is 17.9 Å². The normalized spacial score (nSPS) is 13.9. The maximum Gasteiger partial charge on any atom is 0.330 e. The standard InChI is InChI=1S/C24H16F2N4O2.C10H20O3.C9H16O4.C7H10O4/c1-13-6-17(11-19(25)8-13)21-27-23(31-29-21)15-4-3-5-16(10-15)24-28-22(30-32-24)18-7-14(2)9-20(26)12-18;1-10(8-13-9-10)7-12-6-4-3-5-11-2;1-8(10)13-4-3-11-5-9(2)6-12-7-9;1-3-7(9)11-5-4-10-6(2)8/h3-12H,1-2H3;3-9H2,1-2H3;3-7H2,1-2H3;3H,1,4-5H2,2H3. The SMILES string of the molecule is C=CC(=O)OCCOC(C)=O.CC(=O)OCCOCC1(C)COC1.COCCCCOCC1(C)COC1.Cc1cc(F)cc(-c2noc(-c3cccc(-c4nc(-c5cc(C)cc(F)c5)no4)c3)n2)c1. The highest BCUT2D eigenvalue weighted by atomic mass is 19.1. The van der Waals surface area contributed by atoms with Crippen LogP contribution in [0.4, 0.5) is 8.78 Å². The fourth-order valence-corrected chi connectivity index (χ4v) is 6.22. The van der Waals surface area contributed by atoms with Crippen molar-refractivity contribution in [2.24, 2.45) is 10.8 Å². The molecule has 0 saturated carbocycles. The predicted molar refractivity (Wildman–Crippen MR) is 248 cm³/mol. The fraction of sp³-hybridized carbons (Fsp3) is 0.460. The van der Waals surface area contributed by atoms with Crippen LogP contribution in [0, 0.1) is 36.3 Å². The van der Waals surface area contributed by atoms with E-state index >= 15 is 0 Å². The van der Waals surface area contributed by atoms with Gasteiger partial charge in [0.05, 0.1) is 46.2 Å². The Morgan fingerprint density at radius 2 is 1.09 bits per heavy atom. The van der Waals surface area contributed by atoms with Gasteiger partial charge in [0.2, 0.25) is 11.6 Å². The molecule has 17 nitrogen and oxygen atoms in total. The van der Waals surface area contributed by atoms with Crippen LogP contribution in [0.5, 0.6) is 0 Å². The lowest BCUT2D eigenvalue weighted by Crippen LogP contribution is -2.43. The number of aryl methyl sites for hydroxylation is 2. The number of carbonyl (C=O) groups excluding carboxylic acids is 3. The van der Waals surface area contributed by atoms with Crippen molar-refractivity contribution in [1.29, 1.82) is 0 Å². The van der Waals surface area contributed by atoms with Gasteiger partial charge in [0, 0.05) is 73.3 Å². The lowest BCUT2D eigenvalue weighted by atomic mass is 9.90. The van der Waals surface area contributed by atoms with Crippen molar-refractivity contribution in [3.8, 4) is 45.7 Å². The van der Waals surface area contributed by atoms with E-state index in [9.17, 15) is 23.2 Å². The third-order valence-corrected chi connectivity index (χ3v) is 9.73. The zero-order chi connectivity index (χ0) is 50.2. The highest BCUT2D eigenvalue weighted by molar-refractivity contribution is 5.81. The number of aromatic nitrogens is 4. The van der Waals surface area contributed by atoms with Crippen molar-refractivity contribution >= 4 is 17.9 Å². The van der Waals surface area contributed by atoms with Crippen molar-refractivity contribution < 1.29 is 70.1 Å². The minimum absolute atomic E-state index is 0.0738. The van der Waals surface area contributed by atoms with E-state index in [1.165, 1.54) is 38.1 Å². The van der Waals surface area contributed by atoms with E-state index in [4.69, 9.17) is 37.5 Å². The van der Waals surface area contributed by atoms with Crippen LogP contribution < -0.4 is 0 Å². The van der Waals surface area contributed by atoms with E-state index in [2.05, 4.69) is 50.2 Å². The molecule has 4 heterocycles. The summed E-state index contributed by atoms with van der Waals surface area (Å²) in [5.41, 5.74) is 4.31. The number of unbranched alkanes of at least 4 members (excludes halogenated alkanes) is 1. The van der Waals surface area contributed by atoms with Crippen molar-refractivity contribution in [3.05, 3.63) is 96.1 Å². The number of methoxy groups -OCH3 is 1. The molecule has 7 rings (SSSR count). The largest absolute Gasteiger partial charge is 0.463 e. The average molecular weight is 965 g/mol. The quantitative estimate of drug-likeness (QED) is 0.0311. The number of esters is 3. The van der Waals surface area contributed by atoms with E-state index in [1.807, 2.05) is 0 Å². The molecule has 0 unspecified atom stereocenters. The second kappa shape index (κ2) is 28.3. The minimum atomic E-state index is -0.517. The number of hydrogen-bond donors (Lipinski definition) is 0. The van der Waals surface area contributed by atoms with Crippen molar-refractivity contribution in [1.82, 2.24) is 20.3 Å². The van der Waals surface area contributed by atoms with Crippen LogP contribution in [0.3, 0.4) is 0 Å². The number of carbonyl (C=O) groups is 3. The molecule has 5 aromatic rings. The Balaban J connectivity index is 0.000000232. The maximum atomic E-state index is 13.7. The van der Waals surface area contributed by atoms with Gasteiger partial charge < -0.3 is 46.9 Å². The monoisotopic (exact) mass is 964 g/mol. The highest BCUT2D eigenvalue weighted by Crippen LogP contribution is 2.30. The molecule has 0 spiro atoms. The number of ether oxygens (including phenoxy) is 8. The van der Waals surface area contributed by atoms with E-state index in [1.54, 1.807) is 57.4 Å². The first-order chi connectivity index (χ1) is 33.0. The molecule has 2 saturated heterocycles. The van der Waals surface area contributed by atoms with Crippen LogP contribution in [0.2, 0.25) is 0 Å². The molecule has 0 radical (unpaired) electrons. The zero-order valence-corrected chi connectivity index (χ0v) is 40.3. The van der Waals surface area contributed by atoms with E-state index in [0.29, 0.717) is 47.5 Å². The molecular formula is C50H62F2N4O13. The Bertz CT molecular complexity index is 2250. The summed E-state index contributed by atoms with van der Waals surface area (Å²) < 4.78 is 78.0. The molecule has 2 aromatic heterocycles. The van der Waals surface area contributed by atoms with Crippen LogP contribution in [0.15, 0.2) is 82.4 Å². The summed E-state index contributed by atoms with van der Waals surface area (Å²) >= 11 is 0. The first kappa shape index (κ1) is 55.3. The summed E-state index contributed by atoms with van der Waals surface area (Å²) in [6, 6.07) is 16.3. The van der Waals surface area contributed by atoms with E-state index in [-0.39, 0.29) is 65.6 Å². The second-order valence-corrected chi connectivity index (χ2v) is 16.9. The molecule has 0 aliphatic carbocycles. The van der Waals surface area contributed by atoms with E-state index < -0.39 is 5.97 Å². The predicted octanol–water partition coefficient (Wildman–Crippen LogP) is 8.36. The molecule has 2 aliphatic heterocycles. The number of halogens is 2. The van der Waals surface area contributed by atoms with E-state index in [0.717, 1.165) is 76.3 Å². The van der Waals surface area contributed by atoms with Crippen LogP contribution in [-0.2, 0) is 52.3 Å². The van der Waals surface area contributed by atoms with Crippen LogP contribution in [0.25, 0.3) is 45.7 Å².